The lowest BCUT2D eigenvalue weighted by Crippen LogP contribution is -2.31. The molecule has 0 radical (unpaired) electrons. The van der Waals surface area contributed by atoms with E-state index in [0.717, 1.165) is 6.26 Å². The van der Waals surface area contributed by atoms with Gasteiger partial charge in [-0.05, 0) is 18.2 Å². The highest BCUT2D eigenvalue weighted by Crippen LogP contribution is 2.22. The van der Waals surface area contributed by atoms with Gasteiger partial charge >= 0.3 is 5.97 Å². The van der Waals surface area contributed by atoms with E-state index in [1.165, 1.54) is 29.2 Å². The zero-order chi connectivity index (χ0) is 18.6. The van der Waals surface area contributed by atoms with Gasteiger partial charge in [0.05, 0.1) is 10.5 Å². The van der Waals surface area contributed by atoms with Crippen LogP contribution in [0, 0.1) is 0 Å². The van der Waals surface area contributed by atoms with Crippen LogP contribution >= 0.6 is 0 Å². The zero-order valence-corrected chi connectivity index (χ0v) is 15.0. The van der Waals surface area contributed by atoms with Crippen LogP contribution < -0.4 is 0 Å². The molecule has 1 amide bonds. The van der Waals surface area contributed by atoms with Crippen molar-refractivity contribution in [3.05, 3.63) is 65.7 Å². The van der Waals surface area contributed by atoms with Gasteiger partial charge in [-0.2, -0.15) is 0 Å². The van der Waals surface area contributed by atoms with Crippen molar-refractivity contribution in [2.75, 3.05) is 20.4 Å². The van der Waals surface area contributed by atoms with Gasteiger partial charge < -0.3 is 9.64 Å². The molecule has 0 aliphatic rings. The standard InChI is InChI=1S/C18H19NO5S/c1-19(2)17(20)16(13-8-5-4-6-9-13)24-18(21)14-10-7-11-15(12-14)25(3,22)23/h4-12,16H,1-3H3/t16-/m0/s1. The highest BCUT2D eigenvalue weighted by atomic mass is 32.2. The minimum Gasteiger partial charge on any atom is -0.444 e. The van der Waals surface area contributed by atoms with E-state index in [1.54, 1.807) is 44.4 Å². The molecule has 0 aliphatic carbocycles. The highest BCUT2D eigenvalue weighted by Gasteiger charge is 2.27. The molecule has 0 N–H and O–H groups in total. The van der Waals surface area contributed by atoms with Gasteiger partial charge in [0.15, 0.2) is 9.84 Å². The maximum absolute atomic E-state index is 12.4. The Balaban J connectivity index is 2.33. The highest BCUT2D eigenvalue weighted by molar-refractivity contribution is 7.90. The van der Waals surface area contributed by atoms with E-state index in [-0.39, 0.29) is 16.4 Å². The fraction of sp³-hybridized carbons (Fsp3) is 0.222. The number of amides is 1. The van der Waals surface area contributed by atoms with Gasteiger partial charge in [-0.3, -0.25) is 4.79 Å². The normalized spacial score (nSPS) is 12.3. The van der Waals surface area contributed by atoms with E-state index in [2.05, 4.69) is 0 Å². The Morgan fingerprint density at radius 3 is 2.20 bits per heavy atom. The summed E-state index contributed by atoms with van der Waals surface area (Å²) in [4.78, 5) is 26.2. The van der Waals surface area contributed by atoms with Gasteiger partial charge in [0, 0.05) is 25.9 Å². The quantitative estimate of drug-likeness (QED) is 0.762. The number of likely N-dealkylation sites (N-methyl/N-ethyl adjacent to an activating group) is 1. The van der Waals surface area contributed by atoms with Crippen molar-refractivity contribution < 1.29 is 22.7 Å². The fourth-order valence-corrected chi connectivity index (χ4v) is 2.82. The van der Waals surface area contributed by atoms with E-state index in [9.17, 15) is 18.0 Å². The molecule has 2 rings (SSSR count). The predicted molar refractivity (Wildman–Crippen MR) is 92.8 cm³/mol. The maximum Gasteiger partial charge on any atom is 0.339 e. The second-order valence-corrected chi connectivity index (χ2v) is 7.74. The molecule has 0 unspecified atom stereocenters. The molecule has 2 aromatic rings. The van der Waals surface area contributed by atoms with Crippen LogP contribution in [0.4, 0.5) is 0 Å². The van der Waals surface area contributed by atoms with E-state index in [4.69, 9.17) is 4.74 Å². The summed E-state index contributed by atoms with van der Waals surface area (Å²) in [5.41, 5.74) is 0.601. The lowest BCUT2D eigenvalue weighted by atomic mass is 10.1. The molecular formula is C18H19NO5S. The minimum absolute atomic E-state index is 0.0112. The molecule has 132 valence electrons. The molecule has 0 aromatic heterocycles. The number of carbonyl (C=O) groups excluding carboxylic acids is 2. The summed E-state index contributed by atoms with van der Waals surface area (Å²) in [7, 11) is -0.320. The average molecular weight is 361 g/mol. The summed E-state index contributed by atoms with van der Waals surface area (Å²) in [6, 6.07) is 14.2. The lowest BCUT2D eigenvalue weighted by Gasteiger charge is -2.21. The molecule has 0 saturated carbocycles. The second kappa shape index (κ2) is 7.48. The van der Waals surface area contributed by atoms with Crippen LogP contribution in [0.3, 0.4) is 0 Å². The van der Waals surface area contributed by atoms with Crippen molar-refractivity contribution in [2.45, 2.75) is 11.0 Å². The van der Waals surface area contributed by atoms with Crippen molar-refractivity contribution in [2.24, 2.45) is 0 Å². The number of ether oxygens (including phenoxy) is 1. The van der Waals surface area contributed by atoms with E-state index in [0.29, 0.717) is 5.56 Å². The van der Waals surface area contributed by atoms with E-state index < -0.39 is 21.9 Å². The molecule has 0 heterocycles. The Morgan fingerprint density at radius 1 is 1.00 bits per heavy atom. The van der Waals surface area contributed by atoms with Crippen LogP contribution in [0.1, 0.15) is 22.0 Å². The van der Waals surface area contributed by atoms with Gasteiger partial charge in [-0.25, -0.2) is 13.2 Å². The lowest BCUT2D eigenvalue weighted by molar-refractivity contribution is -0.138. The van der Waals surface area contributed by atoms with Gasteiger partial charge in [0.25, 0.3) is 5.91 Å². The molecule has 2 aromatic carbocycles. The Kier molecular flexibility index (Phi) is 5.58. The molecule has 0 fully saturated rings. The Hall–Kier alpha value is -2.67. The van der Waals surface area contributed by atoms with Gasteiger partial charge in [0.1, 0.15) is 0 Å². The number of rotatable bonds is 5. The van der Waals surface area contributed by atoms with Crippen LogP contribution in [0.25, 0.3) is 0 Å². The van der Waals surface area contributed by atoms with Crippen molar-refractivity contribution in [3.8, 4) is 0 Å². The monoisotopic (exact) mass is 361 g/mol. The molecular weight excluding hydrogens is 342 g/mol. The number of sulfone groups is 1. The number of hydrogen-bond donors (Lipinski definition) is 0. The summed E-state index contributed by atoms with van der Waals surface area (Å²) >= 11 is 0. The third-order valence-corrected chi connectivity index (χ3v) is 4.60. The molecule has 0 bridgehead atoms. The summed E-state index contributed by atoms with van der Waals surface area (Å²) in [5, 5.41) is 0. The van der Waals surface area contributed by atoms with Crippen molar-refractivity contribution in [3.63, 3.8) is 0 Å². The first-order valence-corrected chi connectivity index (χ1v) is 9.36. The first-order chi connectivity index (χ1) is 11.7. The largest absolute Gasteiger partial charge is 0.444 e. The van der Waals surface area contributed by atoms with Gasteiger partial charge in [-0.15, -0.1) is 0 Å². The van der Waals surface area contributed by atoms with E-state index in [1.807, 2.05) is 0 Å². The minimum atomic E-state index is -3.45. The maximum atomic E-state index is 12.4. The summed E-state index contributed by atoms with van der Waals surface area (Å²) in [6.45, 7) is 0. The number of carbonyl (C=O) groups is 2. The summed E-state index contributed by atoms with van der Waals surface area (Å²) < 4.78 is 28.7. The van der Waals surface area contributed by atoms with Gasteiger partial charge in [-0.1, -0.05) is 36.4 Å². The number of nitrogens with zero attached hydrogens (tertiary/aromatic N) is 1. The third-order valence-electron chi connectivity index (χ3n) is 3.49. The van der Waals surface area contributed by atoms with Crippen molar-refractivity contribution in [1.29, 1.82) is 0 Å². The zero-order valence-electron chi connectivity index (χ0n) is 14.2. The Labute approximate surface area is 146 Å². The first kappa shape index (κ1) is 18.7. The molecule has 0 saturated heterocycles. The number of hydrogen-bond acceptors (Lipinski definition) is 5. The molecule has 0 aliphatic heterocycles. The van der Waals surface area contributed by atoms with E-state index >= 15 is 0 Å². The SMILES string of the molecule is CN(C)C(=O)[C@@H](OC(=O)c1cccc(S(C)(=O)=O)c1)c1ccccc1. The van der Waals surface area contributed by atoms with Crippen molar-refractivity contribution >= 4 is 21.7 Å². The topological polar surface area (TPSA) is 80.8 Å². The Bertz CT molecular complexity index is 875. The Morgan fingerprint density at radius 2 is 1.64 bits per heavy atom. The van der Waals surface area contributed by atoms with Crippen LogP contribution in [-0.2, 0) is 19.4 Å². The average Bonchev–Trinajstić information content (AvgIpc) is 2.59. The molecule has 25 heavy (non-hydrogen) atoms. The summed E-state index contributed by atoms with van der Waals surface area (Å²) in [5.74, 6) is -1.16. The molecule has 1 atom stereocenters. The summed E-state index contributed by atoms with van der Waals surface area (Å²) in [6.07, 6.45) is -0.0506. The number of benzene rings is 2. The van der Waals surface area contributed by atoms with Crippen LogP contribution in [0.5, 0.6) is 0 Å². The smallest absolute Gasteiger partial charge is 0.339 e. The van der Waals surface area contributed by atoms with Crippen LogP contribution in [0.15, 0.2) is 59.5 Å². The first-order valence-electron chi connectivity index (χ1n) is 7.47. The molecule has 6 nitrogen and oxygen atoms in total. The molecule has 0 spiro atoms. The van der Waals surface area contributed by atoms with Crippen molar-refractivity contribution in [1.82, 2.24) is 4.90 Å². The van der Waals surface area contributed by atoms with Gasteiger partial charge in [0.2, 0.25) is 6.10 Å². The molecule has 7 heteroatoms. The van der Waals surface area contributed by atoms with Crippen LogP contribution in [-0.4, -0.2) is 45.5 Å². The number of esters is 1. The third kappa shape index (κ3) is 4.67. The van der Waals surface area contributed by atoms with Crippen LogP contribution in [0.2, 0.25) is 0 Å². The fourth-order valence-electron chi connectivity index (χ4n) is 2.15. The predicted octanol–water partition coefficient (Wildman–Crippen LogP) is 2.08. The second-order valence-electron chi connectivity index (χ2n) is 5.73.